The minimum atomic E-state index is 0.155. The minimum absolute atomic E-state index is 0.155. The van der Waals surface area contributed by atoms with Crippen LogP contribution in [0.15, 0.2) is 130 Å². The zero-order valence-corrected chi connectivity index (χ0v) is 21.9. The normalized spacial score (nSPS) is 17.5. The third kappa shape index (κ3) is 3.09. The molecule has 2 unspecified atom stereocenters. The van der Waals surface area contributed by atoms with Crippen molar-refractivity contribution in [1.82, 2.24) is 0 Å². The summed E-state index contributed by atoms with van der Waals surface area (Å²) in [6, 6.07) is 35.8. The summed E-state index contributed by atoms with van der Waals surface area (Å²) in [6.07, 6.45) is 8.71. The van der Waals surface area contributed by atoms with Gasteiger partial charge in [-0.15, -0.1) is 0 Å². The van der Waals surface area contributed by atoms with Gasteiger partial charge in [-0.1, -0.05) is 72.8 Å². The number of furan rings is 2. The Labute approximate surface area is 235 Å². The molecule has 2 aromatic heterocycles. The molecule has 5 aromatic carbocycles. The summed E-state index contributed by atoms with van der Waals surface area (Å²) in [6.45, 7) is 0. The molecule has 1 aliphatic heterocycles. The van der Waals surface area contributed by atoms with Gasteiger partial charge in [0.25, 0.3) is 0 Å². The van der Waals surface area contributed by atoms with Crippen molar-refractivity contribution in [3.63, 3.8) is 0 Å². The molecule has 0 spiro atoms. The predicted octanol–water partition coefficient (Wildman–Crippen LogP) is 9.75. The van der Waals surface area contributed by atoms with Crippen LogP contribution in [0.5, 0.6) is 0 Å². The molecule has 0 amide bonds. The second kappa shape index (κ2) is 8.24. The number of nitriles is 1. The fourth-order valence-electron chi connectivity index (χ4n) is 6.86. The number of nitrogens with zero attached hydrogens (tertiary/aromatic N) is 2. The molecule has 0 N–H and O–H groups in total. The number of rotatable bonds is 2. The van der Waals surface area contributed by atoms with Crippen LogP contribution in [0.4, 0.5) is 11.4 Å². The summed E-state index contributed by atoms with van der Waals surface area (Å²) in [5.74, 6) is 0.206. The van der Waals surface area contributed by atoms with Gasteiger partial charge in [-0.2, -0.15) is 5.26 Å². The molecule has 192 valence electrons. The quantitative estimate of drug-likeness (QED) is 0.225. The zero-order chi connectivity index (χ0) is 27.1. The average Bonchev–Trinajstić information content (AvgIpc) is 3.69. The summed E-state index contributed by atoms with van der Waals surface area (Å²) in [4.78, 5) is 2.39. The van der Waals surface area contributed by atoms with E-state index in [4.69, 9.17) is 8.83 Å². The Morgan fingerprint density at radius 2 is 1.46 bits per heavy atom. The highest BCUT2D eigenvalue weighted by molar-refractivity contribution is 6.17. The van der Waals surface area contributed by atoms with E-state index in [1.807, 2.05) is 36.4 Å². The molecular weight excluding hydrogens is 504 g/mol. The smallest absolute Gasteiger partial charge is 0.143 e. The Bertz CT molecular complexity index is 2310. The van der Waals surface area contributed by atoms with E-state index in [1.165, 1.54) is 5.56 Å². The van der Waals surface area contributed by atoms with Crippen LogP contribution in [0.2, 0.25) is 0 Å². The van der Waals surface area contributed by atoms with E-state index >= 15 is 0 Å². The molecule has 7 aromatic rings. The molecule has 3 heterocycles. The Hall–Kier alpha value is -5.53. The first kappa shape index (κ1) is 22.3. The van der Waals surface area contributed by atoms with Gasteiger partial charge in [-0.3, -0.25) is 0 Å². The van der Waals surface area contributed by atoms with E-state index in [9.17, 15) is 5.26 Å². The number of para-hydroxylation sites is 2. The molecule has 9 rings (SSSR count). The topological polar surface area (TPSA) is 53.3 Å². The highest BCUT2D eigenvalue weighted by atomic mass is 16.3. The van der Waals surface area contributed by atoms with Crippen LogP contribution in [0.25, 0.3) is 55.0 Å². The average molecular weight is 527 g/mol. The largest absolute Gasteiger partial charge is 0.456 e. The van der Waals surface area contributed by atoms with Crippen molar-refractivity contribution < 1.29 is 8.83 Å². The first-order chi connectivity index (χ1) is 20.3. The van der Waals surface area contributed by atoms with Gasteiger partial charge in [0.1, 0.15) is 22.3 Å². The summed E-state index contributed by atoms with van der Waals surface area (Å²) < 4.78 is 12.8. The fourth-order valence-corrected chi connectivity index (χ4v) is 6.86. The van der Waals surface area contributed by atoms with Gasteiger partial charge in [0, 0.05) is 44.4 Å². The van der Waals surface area contributed by atoms with Gasteiger partial charge >= 0.3 is 0 Å². The van der Waals surface area contributed by atoms with Gasteiger partial charge < -0.3 is 13.7 Å². The molecular formula is C37H22N2O2. The highest BCUT2D eigenvalue weighted by Gasteiger charge is 2.37. The van der Waals surface area contributed by atoms with Crippen LogP contribution < -0.4 is 4.90 Å². The van der Waals surface area contributed by atoms with Crippen LogP contribution in [-0.4, -0.2) is 6.04 Å². The van der Waals surface area contributed by atoms with Crippen molar-refractivity contribution in [2.45, 2.75) is 12.0 Å². The Morgan fingerprint density at radius 1 is 0.659 bits per heavy atom. The minimum Gasteiger partial charge on any atom is -0.456 e. The maximum atomic E-state index is 9.53. The second-order valence-electron chi connectivity index (χ2n) is 10.8. The molecule has 4 heteroatoms. The zero-order valence-electron chi connectivity index (χ0n) is 21.9. The fraction of sp³-hybridized carbons (Fsp3) is 0.0541. The van der Waals surface area contributed by atoms with Crippen molar-refractivity contribution in [2.24, 2.45) is 0 Å². The van der Waals surface area contributed by atoms with Crippen LogP contribution in [0.3, 0.4) is 0 Å². The van der Waals surface area contributed by atoms with Gasteiger partial charge in [0.2, 0.25) is 0 Å². The van der Waals surface area contributed by atoms with Crippen molar-refractivity contribution in [1.29, 1.82) is 5.26 Å². The van der Waals surface area contributed by atoms with E-state index in [1.54, 1.807) is 0 Å². The lowest BCUT2D eigenvalue weighted by Crippen LogP contribution is -2.28. The number of hydrogen-bond donors (Lipinski definition) is 0. The third-order valence-corrected chi connectivity index (χ3v) is 8.63. The molecule has 2 atom stereocenters. The van der Waals surface area contributed by atoms with Crippen molar-refractivity contribution in [2.75, 3.05) is 4.90 Å². The first-order valence-corrected chi connectivity index (χ1v) is 13.8. The van der Waals surface area contributed by atoms with Crippen molar-refractivity contribution >= 4 is 55.3 Å². The van der Waals surface area contributed by atoms with Crippen LogP contribution >= 0.6 is 0 Å². The summed E-state index contributed by atoms with van der Waals surface area (Å²) >= 11 is 0. The SMILES string of the molecule is N#Cc1ccc2c(c1)C1C=CC=CC1N2c1ccc2oc3c(-c4cccc5oc6ccccc6c45)cccc3c2c1. The summed E-state index contributed by atoms with van der Waals surface area (Å²) in [7, 11) is 0. The molecule has 2 aliphatic rings. The first-order valence-electron chi connectivity index (χ1n) is 13.8. The lowest BCUT2D eigenvalue weighted by molar-refractivity contribution is 0.668. The summed E-state index contributed by atoms with van der Waals surface area (Å²) in [5, 5.41) is 13.9. The Morgan fingerprint density at radius 3 is 2.41 bits per heavy atom. The third-order valence-electron chi connectivity index (χ3n) is 8.63. The van der Waals surface area contributed by atoms with E-state index < -0.39 is 0 Å². The van der Waals surface area contributed by atoms with Gasteiger partial charge in [0.05, 0.1) is 17.7 Å². The second-order valence-corrected chi connectivity index (χ2v) is 10.8. The van der Waals surface area contributed by atoms with Crippen LogP contribution in [0, 0.1) is 11.3 Å². The number of benzene rings is 5. The Balaban J connectivity index is 1.25. The van der Waals surface area contributed by atoms with E-state index in [2.05, 4.69) is 95.9 Å². The predicted molar refractivity (Wildman–Crippen MR) is 165 cm³/mol. The van der Waals surface area contributed by atoms with Gasteiger partial charge in [-0.05, 0) is 59.7 Å². The number of allylic oxidation sites excluding steroid dienone is 2. The van der Waals surface area contributed by atoms with Crippen molar-refractivity contribution in [3.8, 4) is 17.2 Å². The van der Waals surface area contributed by atoms with E-state index in [0.717, 1.165) is 66.4 Å². The lowest BCUT2D eigenvalue weighted by Gasteiger charge is -2.28. The molecule has 0 fully saturated rings. The lowest BCUT2D eigenvalue weighted by atomic mass is 9.91. The van der Waals surface area contributed by atoms with E-state index in [-0.39, 0.29) is 12.0 Å². The molecule has 0 saturated carbocycles. The standard InChI is InChI=1S/C37H22N2O2/c38-21-22-15-17-32-29(19-22)24-7-1-3-12-31(24)39(32)23-16-18-34-30(20-23)27-11-5-10-26(37(27)41-34)25-9-6-14-35-36(25)28-8-2-4-13-33(28)40-35/h1-20,24,31H. The molecule has 0 saturated heterocycles. The monoisotopic (exact) mass is 526 g/mol. The van der Waals surface area contributed by atoms with Gasteiger partial charge in [-0.25, -0.2) is 0 Å². The number of hydrogen-bond acceptors (Lipinski definition) is 4. The maximum absolute atomic E-state index is 9.53. The molecule has 41 heavy (non-hydrogen) atoms. The summed E-state index contributed by atoms with van der Waals surface area (Å²) in [5.41, 5.74) is 9.75. The molecule has 4 nitrogen and oxygen atoms in total. The Kier molecular flexibility index (Phi) is 4.48. The van der Waals surface area contributed by atoms with Crippen LogP contribution in [-0.2, 0) is 0 Å². The van der Waals surface area contributed by atoms with E-state index in [0.29, 0.717) is 5.56 Å². The molecule has 1 aliphatic carbocycles. The molecule has 0 bridgehead atoms. The molecule has 0 radical (unpaired) electrons. The number of fused-ring (bicyclic) bond motifs is 9. The number of anilines is 2. The van der Waals surface area contributed by atoms with Crippen LogP contribution in [0.1, 0.15) is 17.0 Å². The van der Waals surface area contributed by atoms with Gasteiger partial charge in [0.15, 0.2) is 0 Å². The maximum Gasteiger partial charge on any atom is 0.143 e. The van der Waals surface area contributed by atoms with Crippen molar-refractivity contribution in [3.05, 3.63) is 132 Å². The highest BCUT2D eigenvalue weighted by Crippen LogP contribution is 2.49.